The van der Waals surface area contributed by atoms with Crippen LogP contribution in [0.5, 0.6) is 0 Å². The van der Waals surface area contributed by atoms with Gasteiger partial charge in [-0.1, -0.05) is 176 Å². The Hall–Kier alpha value is -7.22. The van der Waals surface area contributed by atoms with Crippen molar-refractivity contribution in [3.8, 4) is 44.5 Å². The Bertz CT molecular complexity index is 3440. The van der Waals surface area contributed by atoms with E-state index in [1.165, 1.54) is 93.7 Å². The number of benzene rings is 10. The first-order valence-electron chi connectivity index (χ1n) is 19.5. The zero-order valence-electron chi connectivity index (χ0n) is 30.4. The number of hydrogen-bond donors (Lipinski definition) is 0. The minimum absolute atomic E-state index is 0.472. The van der Waals surface area contributed by atoms with E-state index in [1.54, 1.807) is 0 Å². The molecule has 0 aliphatic heterocycles. The standard InChI is InChI=1S/C55H32O/c1-3-15-36-33(12-1)14-9-20-39(36)40-21-10-22-44-41(40)30-31-49-52(44)45-28-27-35(32-50(45)55(49)47-23-7-5-17-42(47)43-18-6-8-24-48(43)55)37-19-11-25-51-53(37)46-29-26-34-13-2-4-16-38(34)54(46)56-51/h1-32H. The van der Waals surface area contributed by atoms with Gasteiger partial charge in [-0.3, -0.25) is 0 Å². The van der Waals surface area contributed by atoms with Crippen molar-refractivity contribution in [3.63, 3.8) is 0 Å². The predicted octanol–water partition coefficient (Wildman–Crippen LogP) is 14.7. The first kappa shape index (κ1) is 30.1. The molecule has 13 rings (SSSR count). The van der Waals surface area contributed by atoms with E-state index < -0.39 is 5.41 Å². The molecule has 56 heavy (non-hydrogen) atoms. The second kappa shape index (κ2) is 10.9. The van der Waals surface area contributed by atoms with Crippen LogP contribution in [0.4, 0.5) is 0 Å². The highest BCUT2D eigenvalue weighted by atomic mass is 16.3. The lowest BCUT2D eigenvalue weighted by Gasteiger charge is -2.31. The number of hydrogen-bond acceptors (Lipinski definition) is 1. The molecule has 1 nitrogen and oxygen atoms in total. The van der Waals surface area contributed by atoms with E-state index in [2.05, 4.69) is 194 Å². The van der Waals surface area contributed by atoms with E-state index in [9.17, 15) is 0 Å². The van der Waals surface area contributed by atoms with Crippen molar-refractivity contribution in [1.29, 1.82) is 0 Å². The van der Waals surface area contributed by atoms with Gasteiger partial charge in [-0.05, 0) is 112 Å². The molecule has 11 aromatic rings. The molecule has 1 heteroatoms. The van der Waals surface area contributed by atoms with Crippen molar-refractivity contribution >= 4 is 54.3 Å². The molecule has 0 amide bonds. The number of rotatable bonds is 2. The molecule has 0 radical (unpaired) electrons. The monoisotopic (exact) mass is 708 g/mol. The highest BCUT2D eigenvalue weighted by molar-refractivity contribution is 6.19. The maximum Gasteiger partial charge on any atom is 0.143 e. The van der Waals surface area contributed by atoms with Gasteiger partial charge in [0.1, 0.15) is 11.2 Å². The first-order valence-corrected chi connectivity index (χ1v) is 19.5. The van der Waals surface area contributed by atoms with Gasteiger partial charge in [-0.2, -0.15) is 0 Å². The lowest BCUT2D eigenvalue weighted by atomic mass is 9.70. The van der Waals surface area contributed by atoms with Crippen LogP contribution in [0.3, 0.4) is 0 Å². The van der Waals surface area contributed by atoms with Crippen molar-refractivity contribution in [2.45, 2.75) is 5.41 Å². The van der Waals surface area contributed by atoms with Gasteiger partial charge < -0.3 is 4.42 Å². The molecule has 258 valence electrons. The van der Waals surface area contributed by atoms with Crippen molar-refractivity contribution < 1.29 is 4.42 Å². The Labute approximate surface area is 323 Å². The third kappa shape index (κ3) is 3.75. The average molecular weight is 709 g/mol. The molecule has 0 unspecified atom stereocenters. The van der Waals surface area contributed by atoms with Gasteiger partial charge in [0.15, 0.2) is 0 Å². The Morgan fingerprint density at radius 2 is 0.911 bits per heavy atom. The third-order valence-corrected chi connectivity index (χ3v) is 12.9. The zero-order valence-corrected chi connectivity index (χ0v) is 30.4. The highest BCUT2D eigenvalue weighted by Crippen LogP contribution is 2.64. The molecule has 0 fully saturated rings. The molecule has 2 aliphatic rings. The summed E-state index contributed by atoms with van der Waals surface area (Å²) >= 11 is 0. The van der Waals surface area contributed by atoms with Gasteiger partial charge in [0.25, 0.3) is 0 Å². The maximum absolute atomic E-state index is 6.68. The van der Waals surface area contributed by atoms with Crippen molar-refractivity contribution in [2.75, 3.05) is 0 Å². The van der Waals surface area contributed by atoms with E-state index in [1.807, 2.05) is 0 Å². The van der Waals surface area contributed by atoms with Gasteiger partial charge in [0.2, 0.25) is 0 Å². The van der Waals surface area contributed by atoms with Crippen LogP contribution in [0.1, 0.15) is 22.3 Å². The quantitative estimate of drug-likeness (QED) is 0.174. The highest BCUT2D eigenvalue weighted by Gasteiger charge is 2.52. The number of furan rings is 1. The molecular weight excluding hydrogens is 677 g/mol. The van der Waals surface area contributed by atoms with E-state index >= 15 is 0 Å². The molecule has 0 atom stereocenters. The summed E-state index contributed by atoms with van der Waals surface area (Å²) in [6.45, 7) is 0. The molecule has 0 saturated heterocycles. The second-order valence-corrected chi connectivity index (χ2v) is 15.5. The molecule has 10 aromatic carbocycles. The Kier molecular flexibility index (Phi) is 5.89. The third-order valence-electron chi connectivity index (χ3n) is 12.9. The Balaban J connectivity index is 1.13. The van der Waals surface area contributed by atoms with Crippen LogP contribution in [-0.2, 0) is 5.41 Å². The van der Waals surface area contributed by atoms with Crippen LogP contribution in [0.15, 0.2) is 199 Å². The fourth-order valence-electron chi connectivity index (χ4n) is 10.7. The van der Waals surface area contributed by atoms with Gasteiger partial charge >= 0.3 is 0 Å². The van der Waals surface area contributed by atoms with Gasteiger partial charge in [-0.15, -0.1) is 0 Å². The summed E-state index contributed by atoms with van der Waals surface area (Å²) in [5.41, 5.74) is 16.9. The van der Waals surface area contributed by atoms with E-state index in [-0.39, 0.29) is 0 Å². The summed E-state index contributed by atoms with van der Waals surface area (Å²) in [5, 5.41) is 9.74. The van der Waals surface area contributed by atoms with E-state index in [4.69, 9.17) is 4.42 Å². The number of fused-ring (bicyclic) bond motifs is 18. The zero-order chi connectivity index (χ0) is 36.5. The average Bonchev–Trinajstić information content (AvgIpc) is 3.90. The smallest absolute Gasteiger partial charge is 0.143 e. The minimum atomic E-state index is -0.472. The lowest BCUT2D eigenvalue weighted by Crippen LogP contribution is -2.25. The lowest BCUT2D eigenvalue weighted by molar-refractivity contribution is 0.673. The van der Waals surface area contributed by atoms with Gasteiger partial charge in [0, 0.05) is 16.2 Å². The predicted molar refractivity (Wildman–Crippen MR) is 233 cm³/mol. The first-order chi connectivity index (χ1) is 27.8. The fourth-order valence-corrected chi connectivity index (χ4v) is 10.7. The largest absolute Gasteiger partial charge is 0.455 e. The summed E-state index contributed by atoms with van der Waals surface area (Å²) < 4.78 is 6.68. The van der Waals surface area contributed by atoms with Gasteiger partial charge in [-0.25, -0.2) is 0 Å². The van der Waals surface area contributed by atoms with E-state index in [0.717, 1.165) is 27.3 Å². The summed E-state index contributed by atoms with van der Waals surface area (Å²) in [5.74, 6) is 0. The normalized spacial score (nSPS) is 13.5. The van der Waals surface area contributed by atoms with Crippen LogP contribution in [0.2, 0.25) is 0 Å². The summed E-state index contributed by atoms with van der Waals surface area (Å²) in [6.07, 6.45) is 0. The van der Waals surface area contributed by atoms with Crippen molar-refractivity contribution in [3.05, 3.63) is 216 Å². The van der Waals surface area contributed by atoms with Gasteiger partial charge in [0.05, 0.1) is 5.41 Å². The second-order valence-electron chi connectivity index (χ2n) is 15.5. The Morgan fingerprint density at radius 3 is 1.73 bits per heavy atom. The van der Waals surface area contributed by atoms with Crippen molar-refractivity contribution in [2.24, 2.45) is 0 Å². The van der Waals surface area contributed by atoms with Crippen LogP contribution in [-0.4, -0.2) is 0 Å². The molecule has 1 aromatic heterocycles. The topological polar surface area (TPSA) is 13.1 Å². The summed E-state index contributed by atoms with van der Waals surface area (Å²) in [4.78, 5) is 0. The summed E-state index contributed by atoms with van der Waals surface area (Å²) in [6, 6.07) is 72.1. The molecule has 0 N–H and O–H groups in total. The van der Waals surface area contributed by atoms with E-state index in [0.29, 0.717) is 0 Å². The van der Waals surface area contributed by atoms with Crippen LogP contribution in [0.25, 0.3) is 98.8 Å². The maximum atomic E-state index is 6.68. The molecule has 0 saturated carbocycles. The SMILES string of the molecule is c1ccc2c(c1)-c1ccccc1C21c2cc(-c3cccc4oc5c6ccccc6ccc5c34)ccc2-c2c1ccc1c(-c3cccc4ccccc34)cccc21. The van der Waals surface area contributed by atoms with Crippen LogP contribution < -0.4 is 0 Å². The van der Waals surface area contributed by atoms with Crippen molar-refractivity contribution in [1.82, 2.24) is 0 Å². The molecule has 1 heterocycles. The molecular formula is C55H32O. The summed E-state index contributed by atoms with van der Waals surface area (Å²) in [7, 11) is 0. The molecule has 0 bridgehead atoms. The van der Waals surface area contributed by atoms with Crippen LogP contribution >= 0.6 is 0 Å². The van der Waals surface area contributed by atoms with Crippen LogP contribution in [0, 0.1) is 0 Å². The molecule has 2 aliphatic carbocycles. The minimum Gasteiger partial charge on any atom is -0.455 e. The molecule has 1 spiro atoms. The Morgan fingerprint density at radius 1 is 0.321 bits per heavy atom. The fraction of sp³-hybridized carbons (Fsp3) is 0.0182.